The third kappa shape index (κ3) is 2.98. The van der Waals surface area contributed by atoms with Crippen molar-refractivity contribution in [2.75, 3.05) is 13.7 Å². The molecule has 1 aliphatic heterocycles. The fourth-order valence-corrected chi connectivity index (χ4v) is 2.68. The number of hydrogen-bond acceptors (Lipinski definition) is 2. The molecule has 19 heavy (non-hydrogen) atoms. The molecule has 0 radical (unpaired) electrons. The molecular formula is C16H22FNO. The first kappa shape index (κ1) is 14.1. The molecule has 1 atom stereocenters. The highest BCUT2D eigenvalue weighted by Gasteiger charge is 2.34. The molecule has 2 rings (SSSR count). The molecule has 0 saturated heterocycles. The van der Waals surface area contributed by atoms with Crippen LogP contribution in [0.2, 0.25) is 0 Å². The van der Waals surface area contributed by atoms with E-state index >= 15 is 0 Å². The SMILES string of the molecule is CNC(C1=CCCCO1)C(C)(C)c1ccc(F)cc1. The van der Waals surface area contributed by atoms with Gasteiger partial charge in [-0.1, -0.05) is 26.0 Å². The number of benzene rings is 1. The summed E-state index contributed by atoms with van der Waals surface area (Å²) in [5.74, 6) is 0.803. The number of nitrogens with one attached hydrogen (secondary N) is 1. The van der Waals surface area contributed by atoms with Crippen LogP contribution in [0, 0.1) is 5.82 Å². The Balaban J connectivity index is 2.29. The predicted molar refractivity (Wildman–Crippen MR) is 75.5 cm³/mol. The van der Waals surface area contributed by atoms with Crippen molar-refractivity contribution in [3.63, 3.8) is 0 Å². The lowest BCUT2D eigenvalue weighted by atomic mass is 9.76. The molecule has 0 saturated carbocycles. The van der Waals surface area contributed by atoms with Gasteiger partial charge in [-0.15, -0.1) is 0 Å². The molecule has 0 amide bonds. The Morgan fingerprint density at radius 2 is 1.95 bits per heavy atom. The van der Waals surface area contributed by atoms with E-state index in [4.69, 9.17) is 4.74 Å². The van der Waals surface area contributed by atoms with Gasteiger partial charge in [0.15, 0.2) is 0 Å². The van der Waals surface area contributed by atoms with Gasteiger partial charge in [-0.05, 0) is 43.7 Å². The minimum Gasteiger partial charge on any atom is -0.497 e. The van der Waals surface area contributed by atoms with Gasteiger partial charge >= 0.3 is 0 Å². The number of hydrogen-bond donors (Lipinski definition) is 1. The molecule has 1 aromatic carbocycles. The zero-order valence-electron chi connectivity index (χ0n) is 11.9. The van der Waals surface area contributed by atoms with E-state index in [1.807, 2.05) is 19.2 Å². The van der Waals surface area contributed by atoms with Crippen LogP contribution in [0.4, 0.5) is 4.39 Å². The predicted octanol–water partition coefficient (Wildman–Crippen LogP) is 3.39. The zero-order chi connectivity index (χ0) is 13.9. The molecular weight excluding hydrogens is 241 g/mol. The van der Waals surface area contributed by atoms with Gasteiger partial charge in [0.25, 0.3) is 0 Å². The molecule has 0 spiro atoms. The van der Waals surface area contributed by atoms with Crippen molar-refractivity contribution in [3.8, 4) is 0 Å². The van der Waals surface area contributed by atoms with Gasteiger partial charge in [-0.25, -0.2) is 4.39 Å². The van der Waals surface area contributed by atoms with Crippen LogP contribution in [0.25, 0.3) is 0 Å². The lowest BCUT2D eigenvalue weighted by Crippen LogP contribution is -2.45. The van der Waals surface area contributed by atoms with Gasteiger partial charge in [0.05, 0.1) is 12.6 Å². The molecule has 3 heteroatoms. The van der Waals surface area contributed by atoms with Crippen molar-refractivity contribution in [2.45, 2.75) is 38.1 Å². The van der Waals surface area contributed by atoms with E-state index in [1.165, 1.54) is 12.1 Å². The normalized spacial score (nSPS) is 17.6. The second-order valence-corrected chi connectivity index (χ2v) is 5.55. The summed E-state index contributed by atoms with van der Waals surface area (Å²) >= 11 is 0. The largest absolute Gasteiger partial charge is 0.497 e. The second kappa shape index (κ2) is 5.74. The fraction of sp³-hybridized carbons (Fsp3) is 0.500. The molecule has 0 aromatic heterocycles. The Morgan fingerprint density at radius 3 is 2.47 bits per heavy atom. The lowest BCUT2D eigenvalue weighted by molar-refractivity contribution is 0.150. The minimum absolute atomic E-state index is 0.0956. The van der Waals surface area contributed by atoms with E-state index in [0.29, 0.717) is 0 Å². The summed E-state index contributed by atoms with van der Waals surface area (Å²) in [6.07, 6.45) is 4.31. The Bertz CT molecular complexity index is 450. The van der Waals surface area contributed by atoms with E-state index in [-0.39, 0.29) is 17.3 Å². The van der Waals surface area contributed by atoms with E-state index in [0.717, 1.165) is 30.8 Å². The lowest BCUT2D eigenvalue weighted by Gasteiger charge is -2.37. The van der Waals surface area contributed by atoms with Gasteiger partial charge in [-0.3, -0.25) is 0 Å². The molecule has 1 aromatic rings. The Hall–Kier alpha value is -1.35. The van der Waals surface area contributed by atoms with Gasteiger partial charge in [-0.2, -0.15) is 0 Å². The van der Waals surface area contributed by atoms with Gasteiger partial charge in [0.2, 0.25) is 0 Å². The number of allylic oxidation sites excluding steroid dienone is 1. The number of rotatable bonds is 4. The summed E-state index contributed by atoms with van der Waals surface area (Å²) in [6.45, 7) is 5.09. The van der Waals surface area contributed by atoms with E-state index in [1.54, 1.807) is 0 Å². The van der Waals surface area contributed by atoms with Gasteiger partial charge in [0.1, 0.15) is 11.6 Å². The summed E-state index contributed by atoms with van der Waals surface area (Å²) in [6, 6.07) is 6.82. The Morgan fingerprint density at radius 1 is 1.26 bits per heavy atom. The van der Waals surface area contributed by atoms with Crippen molar-refractivity contribution in [1.82, 2.24) is 5.32 Å². The highest BCUT2D eigenvalue weighted by Crippen LogP contribution is 2.32. The van der Waals surface area contributed by atoms with Crippen molar-refractivity contribution in [3.05, 3.63) is 47.5 Å². The van der Waals surface area contributed by atoms with Crippen LogP contribution in [0.3, 0.4) is 0 Å². The topological polar surface area (TPSA) is 21.3 Å². The molecule has 2 nitrogen and oxygen atoms in total. The molecule has 0 bridgehead atoms. The molecule has 1 heterocycles. The summed E-state index contributed by atoms with van der Waals surface area (Å²) < 4.78 is 18.8. The molecule has 0 aliphatic carbocycles. The van der Waals surface area contributed by atoms with Crippen LogP contribution in [0.5, 0.6) is 0 Å². The highest BCUT2D eigenvalue weighted by molar-refractivity contribution is 5.30. The van der Waals surface area contributed by atoms with Crippen molar-refractivity contribution < 1.29 is 9.13 Å². The van der Waals surface area contributed by atoms with Crippen LogP contribution in [-0.4, -0.2) is 19.7 Å². The minimum atomic E-state index is -0.200. The number of likely N-dealkylation sites (N-methyl/N-ethyl adjacent to an activating group) is 1. The van der Waals surface area contributed by atoms with Crippen molar-refractivity contribution in [2.24, 2.45) is 0 Å². The van der Waals surface area contributed by atoms with E-state index < -0.39 is 0 Å². The standard InChI is InChI=1S/C16H22FNO/c1-16(2,12-7-9-13(17)10-8-12)15(18-3)14-6-4-5-11-19-14/h6-10,15,18H,4-5,11H2,1-3H3. The third-order valence-electron chi connectivity index (χ3n) is 3.85. The second-order valence-electron chi connectivity index (χ2n) is 5.55. The maximum atomic E-state index is 13.1. The molecule has 104 valence electrons. The van der Waals surface area contributed by atoms with E-state index in [9.17, 15) is 4.39 Å². The maximum absolute atomic E-state index is 13.1. The van der Waals surface area contributed by atoms with Crippen LogP contribution < -0.4 is 5.32 Å². The summed E-state index contributed by atoms with van der Waals surface area (Å²) in [7, 11) is 1.94. The first-order valence-electron chi connectivity index (χ1n) is 6.82. The summed E-state index contributed by atoms with van der Waals surface area (Å²) in [5, 5.41) is 3.34. The number of ether oxygens (including phenoxy) is 1. The maximum Gasteiger partial charge on any atom is 0.123 e. The monoisotopic (exact) mass is 263 g/mol. The molecule has 1 unspecified atom stereocenters. The quantitative estimate of drug-likeness (QED) is 0.899. The van der Waals surface area contributed by atoms with E-state index in [2.05, 4.69) is 25.2 Å². The van der Waals surface area contributed by atoms with Gasteiger partial charge in [0, 0.05) is 5.41 Å². The Labute approximate surface area is 114 Å². The average molecular weight is 263 g/mol. The zero-order valence-corrected chi connectivity index (χ0v) is 11.9. The summed E-state index contributed by atoms with van der Waals surface area (Å²) in [4.78, 5) is 0. The van der Waals surface area contributed by atoms with Crippen molar-refractivity contribution >= 4 is 0 Å². The Kier molecular flexibility index (Phi) is 4.25. The van der Waals surface area contributed by atoms with Crippen LogP contribution in [0.15, 0.2) is 36.1 Å². The van der Waals surface area contributed by atoms with Crippen LogP contribution in [0.1, 0.15) is 32.3 Å². The number of halogens is 1. The summed E-state index contributed by atoms with van der Waals surface area (Å²) in [5.41, 5.74) is 0.939. The fourth-order valence-electron chi connectivity index (χ4n) is 2.68. The van der Waals surface area contributed by atoms with Crippen molar-refractivity contribution in [1.29, 1.82) is 0 Å². The van der Waals surface area contributed by atoms with Gasteiger partial charge < -0.3 is 10.1 Å². The molecule has 0 fully saturated rings. The van der Waals surface area contributed by atoms with Crippen LogP contribution in [-0.2, 0) is 10.2 Å². The smallest absolute Gasteiger partial charge is 0.123 e. The first-order chi connectivity index (χ1) is 9.05. The average Bonchev–Trinajstić information content (AvgIpc) is 2.41. The third-order valence-corrected chi connectivity index (χ3v) is 3.85. The highest BCUT2D eigenvalue weighted by atomic mass is 19.1. The van der Waals surface area contributed by atoms with Crippen LogP contribution >= 0.6 is 0 Å². The molecule has 1 N–H and O–H groups in total. The first-order valence-corrected chi connectivity index (χ1v) is 6.82. The molecule has 1 aliphatic rings.